The number of unbranched alkanes of at least 4 members (excludes halogenated alkanes) is 2. The molecule has 0 aliphatic carbocycles. The summed E-state index contributed by atoms with van der Waals surface area (Å²) in [6.07, 6.45) is 2.30. The minimum absolute atomic E-state index is 0.131. The molecule has 184 valence electrons. The fraction of sp³-hybridized carbons (Fsp3) is 0.800. The van der Waals surface area contributed by atoms with E-state index in [4.69, 9.17) is 10.2 Å². The molecule has 0 saturated carbocycles. The first-order valence-electron chi connectivity index (χ1n) is 10.9. The number of carboxylic acids is 4. The monoisotopic (exact) mass is 460 g/mol. The summed E-state index contributed by atoms with van der Waals surface area (Å²) in [6, 6.07) is 0. The van der Waals surface area contributed by atoms with Gasteiger partial charge in [0.05, 0.1) is 19.6 Å². The predicted octanol–water partition coefficient (Wildman–Crippen LogP) is -0.893. The van der Waals surface area contributed by atoms with E-state index in [1.165, 1.54) is 0 Å². The highest BCUT2D eigenvalue weighted by atomic mass is 16.4. The summed E-state index contributed by atoms with van der Waals surface area (Å²) < 4.78 is 0. The first kappa shape index (κ1) is 27.8. The molecule has 12 nitrogen and oxygen atoms in total. The van der Waals surface area contributed by atoms with Crippen molar-refractivity contribution >= 4 is 23.9 Å². The summed E-state index contributed by atoms with van der Waals surface area (Å²) in [5.74, 6) is -3.70. The van der Waals surface area contributed by atoms with Gasteiger partial charge in [-0.2, -0.15) is 0 Å². The Balaban J connectivity index is 2.80. The van der Waals surface area contributed by atoms with E-state index in [0.717, 1.165) is 12.8 Å². The van der Waals surface area contributed by atoms with Gasteiger partial charge < -0.3 is 25.3 Å². The fourth-order valence-corrected chi connectivity index (χ4v) is 3.64. The number of hydrogen-bond donors (Lipinski definition) is 4. The van der Waals surface area contributed by atoms with Crippen LogP contribution in [0.1, 0.15) is 25.7 Å². The van der Waals surface area contributed by atoms with Crippen LogP contribution in [0.2, 0.25) is 0 Å². The molecule has 32 heavy (non-hydrogen) atoms. The first-order chi connectivity index (χ1) is 15.2. The predicted molar refractivity (Wildman–Crippen MR) is 115 cm³/mol. The maximum Gasteiger partial charge on any atom is 0.317 e. The van der Waals surface area contributed by atoms with Gasteiger partial charge in [-0.15, -0.1) is 0 Å². The Kier molecular flexibility index (Phi) is 13.5. The van der Waals surface area contributed by atoms with Crippen molar-refractivity contribution in [2.24, 2.45) is 0 Å². The molecule has 1 rings (SSSR count). The van der Waals surface area contributed by atoms with Crippen molar-refractivity contribution in [2.75, 3.05) is 78.5 Å². The standard InChI is InChI=1S/C20H36N4O8/c25-17(26)4-2-1-3-5-21-6-8-22(14-18(27)28)10-12-24(16-20(31)32)13-11-23(9-7-21)15-19(29)30/h1-16H2,(H,25,26)(H,27,28)(H,29,30)(H,31,32). The number of carbonyl (C=O) groups is 4. The quantitative estimate of drug-likeness (QED) is 0.266. The van der Waals surface area contributed by atoms with Crippen molar-refractivity contribution in [3.63, 3.8) is 0 Å². The fourth-order valence-electron chi connectivity index (χ4n) is 3.64. The smallest absolute Gasteiger partial charge is 0.317 e. The van der Waals surface area contributed by atoms with Crippen LogP contribution in [-0.2, 0) is 19.2 Å². The van der Waals surface area contributed by atoms with Gasteiger partial charge in [0.2, 0.25) is 0 Å². The summed E-state index contributed by atoms with van der Waals surface area (Å²) in [5, 5.41) is 36.4. The highest BCUT2D eigenvalue weighted by molar-refractivity contribution is 5.70. The Hall–Kier alpha value is -2.28. The third-order valence-electron chi connectivity index (χ3n) is 5.37. The normalized spacial score (nSPS) is 18.5. The molecule has 1 saturated heterocycles. The molecule has 0 aromatic heterocycles. The third-order valence-corrected chi connectivity index (χ3v) is 5.37. The van der Waals surface area contributed by atoms with Gasteiger partial charge in [0, 0.05) is 58.8 Å². The van der Waals surface area contributed by atoms with Crippen molar-refractivity contribution in [3.8, 4) is 0 Å². The lowest BCUT2D eigenvalue weighted by Crippen LogP contribution is -2.48. The van der Waals surface area contributed by atoms with Gasteiger partial charge in [-0.3, -0.25) is 33.9 Å². The van der Waals surface area contributed by atoms with Crippen LogP contribution in [0, 0.1) is 0 Å². The lowest BCUT2D eigenvalue weighted by Gasteiger charge is -2.33. The maximum atomic E-state index is 11.3. The van der Waals surface area contributed by atoms with Crippen LogP contribution in [0.25, 0.3) is 0 Å². The summed E-state index contributed by atoms with van der Waals surface area (Å²) in [7, 11) is 0. The van der Waals surface area contributed by atoms with Gasteiger partial charge in [0.1, 0.15) is 0 Å². The SMILES string of the molecule is O=C(O)CCCCCN1CCN(CC(=O)O)CCN(CC(=O)O)CCN(CC(=O)O)CC1. The van der Waals surface area contributed by atoms with Crippen LogP contribution in [0.4, 0.5) is 0 Å². The van der Waals surface area contributed by atoms with Crippen LogP contribution < -0.4 is 0 Å². The zero-order chi connectivity index (χ0) is 23.9. The number of carboxylic acid groups (broad SMARTS) is 4. The second kappa shape index (κ2) is 15.5. The number of aliphatic carboxylic acids is 4. The van der Waals surface area contributed by atoms with E-state index in [2.05, 4.69) is 4.90 Å². The van der Waals surface area contributed by atoms with Crippen molar-refractivity contribution < 1.29 is 39.6 Å². The van der Waals surface area contributed by atoms with Gasteiger partial charge in [0.25, 0.3) is 0 Å². The Labute approximate surface area is 188 Å². The van der Waals surface area contributed by atoms with Crippen LogP contribution in [0.15, 0.2) is 0 Å². The minimum atomic E-state index is -0.985. The molecule has 0 radical (unpaired) electrons. The zero-order valence-corrected chi connectivity index (χ0v) is 18.5. The average Bonchev–Trinajstić information content (AvgIpc) is 2.67. The van der Waals surface area contributed by atoms with Gasteiger partial charge in [0.15, 0.2) is 0 Å². The van der Waals surface area contributed by atoms with Crippen molar-refractivity contribution in [3.05, 3.63) is 0 Å². The van der Waals surface area contributed by atoms with Crippen molar-refractivity contribution in [1.29, 1.82) is 0 Å². The van der Waals surface area contributed by atoms with Gasteiger partial charge >= 0.3 is 23.9 Å². The lowest BCUT2D eigenvalue weighted by molar-refractivity contribution is -0.140. The van der Waals surface area contributed by atoms with E-state index in [9.17, 15) is 29.4 Å². The van der Waals surface area contributed by atoms with E-state index in [0.29, 0.717) is 65.3 Å². The van der Waals surface area contributed by atoms with E-state index >= 15 is 0 Å². The number of hydrogen-bond acceptors (Lipinski definition) is 8. The molecule has 0 bridgehead atoms. The molecule has 1 heterocycles. The molecule has 0 spiro atoms. The van der Waals surface area contributed by atoms with Crippen LogP contribution >= 0.6 is 0 Å². The molecule has 0 aromatic carbocycles. The lowest BCUT2D eigenvalue weighted by atomic mass is 10.2. The number of nitrogens with zero attached hydrogens (tertiary/aromatic N) is 4. The highest BCUT2D eigenvalue weighted by Crippen LogP contribution is 2.05. The Morgan fingerprint density at radius 3 is 1.12 bits per heavy atom. The summed E-state index contributed by atoms with van der Waals surface area (Å²) in [6.45, 7) is 3.93. The van der Waals surface area contributed by atoms with Crippen molar-refractivity contribution in [1.82, 2.24) is 19.6 Å². The van der Waals surface area contributed by atoms with E-state index in [1.54, 1.807) is 14.7 Å². The molecule has 0 atom stereocenters. The molecule has 12 heteroatoms. The molecule has 0 unspecified atom stereocenters. The van der Waals surface area contributed by atoms with E-state index in [-0.39, 0.29) is 26.1 Å². The summed E-state index contributed by atoms with van der Waals surface area (Å²) in [5.41, 5.74) is 0. The second-order valence-corrected chi connectivity index (χ2v) is 8.06. The number of rotatable bonds is 12. The Morgan fingerprint density at radius 1 is 0.469 bits per heavy atom. The van der Waals surface area contributed by atoms with Crippen LogP contribution in [0.5, 0.6) is 0 Å². The van der Waals surface area contributed by atoms with Gasteiger partial charge in [-0.05, 0) is 19.4 Å². The van der Waals surface area contributed by atoms with Crippen LogP contribution in [-0.4, -0.2) is 142 Å². The largest absolute Gasteiger partial charge is 0.481 e. The maximum absolute atomic E-state index is 11.3. The van der Waals surface area contributed by atoms with E-state index < -0.39 is 23.9 Å². The molecule has 4 N–H and O–H groups in total. The average molecular weight is 461 g/mol. The Morgan fingerprint density at radius 2 is 0.812 bits per heavy atom. The molecule has 1 aliphatic heterocycles. The van der Waals surface area contributed by atoms with Gasteiger partial charge in [-0.1, -0.05) is 6.42 Å². The third kappa shape index (κ3) is 13.9. The first-order valence-corrected chi connectivity index (χ1v) is 10.9. The topological polar surface area (TPSA) is 162 Å². The molecule has 1 aliphatic rings. The van der Waals surface area contributed by atoms with Crippen molar-refractivity contribution in [2.45, 2.75) is 25.7 Å². The summed E-state index contributed by atoms with van der Waals surface area (Å²) in [4.78, 5) is 51.8. The van der Waals surface area contributed by atoms with Gasteiger partial charge in [-0.25, -0.2) is 0 Å². The minimum Gasteiger partial charge on any atom is -0.481 e. The molecule has 0 aromatic rings. The molecule has 0 amide bonds. The highest BCUT2D eigenvalue weighted by Gasteiger charge is 2.19. The summed E-state index contributed by atoms with van der Waals surface area (Å²) >= 11 is 0. The van der Waals surface area contributed by atoms with Crippen LogP contribution in [0.3, 0.4) is 0 Å². The van der Waals surface area contributed by atoms with E-state index in [1.807, 2.05) is 0 Å². The second-order valence-electron chi connectivity index (χ2n) is 8.06. The molecular weight excluding hydrogens is 424 g/mol. The Bertz CT molecular complexity index is 586. The molecular formula is C20H36N4O8. The zero-order valence-electron chi connectivity index (χ0n) is 18.5. The molecule has 1 fully saturated rings.